The minimum Gasteiger partial charge on any atom is -0.484 e. The number of amides is 1. The zero-order valence-corrected chi connectivity index (χ0v) is 14.9. The van der Waals surface area contributed by atoms with Crippen LogP contribution in [0.2, 0.25) is 5.02 Å². The summed E-state index contributed by atoms with van der Waals surface area (Å²) >= 11 is 6.29. The van der Waals surface area contributed by atoms with Crippen molar-refractivity contribution >= 4 is 23.2 Å². The Balaban J connectivity index is 1.62. The normalized spacial score (nSPS) is 10.6. The monoisotopic (exact) mass is 371 g/mol. The van der Waals surface area contributed by atoms with E-state index in [-0.39, 0.29) is 19.1 Å². The van der Waals surface area contributed by atoms with Gasteiger partial charge in [0.05, 0.1) is 5.02 Å². The fraction of sp³-hybridized carbons (Fsp3) is 0.150. The van der Waals surface area contributed by atoms with Crippen LogP contribution in [0, 0.1) is 6.92 Å². The SMILES string of the molecule is Cc1cccc(OCC(=O)Nc2ccc(-c3ccc(CO)o3)c(Cl)c2)c1. The van der Waals surface area contributed by atoms with Gasteiger partial charge in [-0.05, 0) is 55.0 Å². The van der Waals surface area contributed by atoms with Gasteiger partial charge in [0.15, 0.2) is 6.61 Å². The zero-order chi connectivity index (χ0) is 18.5. The highest BCUT2D eigenvalue weighted by molar-refractivity contribution is 6.33. The van der Waals surface area contributed by atoms with Crippen molar-refractivity contribution < 1.29 is 19.1 Å². The number of hydrogen-bond acceptors (Lipinski definition) is 4. The number of halogens is 1. The molecule has 3 rings (SSSR count). The molecule has 2 aromatic carbocycles. The molecule has 0 aliphatic rings. The van der Waals surface area contributed by atoms with Gasteiger partial charge in [0.25, 0.3) is 5.91 Å². The Morgan fingerprint density at radius 3 is 2.73 bits per heavy atom. The summed E-state index contributed by atoms with van der Waals surface area (Å²) in [6.45, 7) is 1.69. The van der Waals surface area contributed by atoms with Gasteiger partial charge in [0.2, 0.25) is 0 Å². The molecule has 26 heavy (non-hydrogen) atoms. The number of anilines is 1. The van der Waals surface area contributed by atoms with Crippen molar-refractivity contribution in [2.24, 2.45) is 0 Å². The van der Waals surface area contributed by atoms with E-state index in [1.54, 1.807) is 36.4 Å². The number of furan rings is 1. The van der Waals surface area contributed by atoms with Gasteiger partial charge in [-0.15, -0.1) is 0 Å². The van der Waals surface area contributed by atoms with Gasteiger partial charge >= 0.3 is 0 Å². The van der Waals surface area contributed by atoms with Gasteiger partial charge in [0, 0.05) is 11.3 Å². The van der Waals surface area contributed by atoms with Crippen LogP contribution in [-0.2, 0) is 11.4 Å². The van der Waals surface area contributed by atoms with E-state index in [0.29, 0.717) is 33.5 Å². The predicted octanol–water partition coefficient (Wildman–Crippen LogP) is 4.42. The predicted molar refractivity (Wildman–Crippen MR) is 100 cm³/mol. The van der Waals surface area contributed by atoms with Gasteiger partial charge in [-0.25, -0.2) is 0 Å². The number of nitrogens with one attached hydrogen (secondary N) is 1. The molecule has 1 amide bonds. The molecule has 0 bridgehead atoms. The van der Waals surface area contributed by atoms with E-state index in [1.807, 2.05) is 25.1 Å². The number of rotatable bonds is 6. The molecule has 5 nitrogen and oxygen atoms in total. The average Bonchev–Trinajstić information content (AvgIpc) is 3.09. The van der Waals surface area contributed by atoms with Crippen molar-refractivity contribution in [1.29, 1.82) is 0 Å². The number of carbonyl (C=O) groups excluding carboxylic acids is 1. The van der Waals surface area contributed by atoms with E-state index in [0.717, 1.165) is 5.56 Å². The molecule has 0 aliphatic carbocycles. The summed E-state index contributed by atoms with van der Waals surface area (Å²) in [6.07, 6.45) is 0. The van der Waals surface area contributed by atoms with Gasteiger partial charge in [-0.3, -0.25) is 4.79 Å². The van der Waals surface area contributed by atoms with Crippen LogP contribution in [0.25, 0.3) is 11.3 Å². The van der Waals surface area contributed by atoms with E-state index in [2.05, 4.69) is 5.32 Å². The fourth-order valence-corrected chi connectivity index (χ4v) is 2.73. The highest BCUT2D eigenvalue weighted by atomic mass is 35.5. The molecule has 3 aromatic rings. The maximum absolute atomic E-state index is 12.1. The number of ether oxygens (including phenoxy) is 1. The summed E-state index contributed by atoms with van der Waals surface area (Å²) in [5, 5.41) is 12.2. The maximum atomic E-state index is 12.1. The molecule has 0 unspecified atom stereocenters. The average molecular weight is 372 g/mol. The first-order valence-corrected chi connectivity index (χ1v) is 8.42. The van der Waals surface area contributed by atoms with Crippen LogP contribution in [0.4, 0.5) is 5.69 Å². The number of carbonyl (C=O) groups is 1. The molecule has 0 aliphatic heterocycles. The second kappa shape index (κ2) is 8.08. The van der Waals surface area contributed by atoms with Crippen LogP contribution >= 0.6 is 11.6 Å². The smallest absolute Gasteiger partial charge is 0.262 e. The lowest BCUT2D eigenvalue weighted by molar-refractivity contribution is -0.118. The van der Waals surface area contributed by atoms with E-state index in [1.165, 1.54) is 0 Å². The van der Waals surface area contributed by atoms with Gasteiger partial charge < -0.3 is 19.6 Å². The first-order chi connectivity index (χ1) is 12.5. The molecule has 6 heteroatoms. The first-order valence-electron chi connectivity index (χ1n) is 8.04. The standard InChI is InChI=1S/C20H18ClNO4/c1-13-3-2-4-15(9-13)25-12-20(24)22-14-5-7-17(18(21)10-14)19-8-6-16(11-23)26-19/h2-10,23H,11-12H2,1H3,(H,22,24). The third-order valence-electron chi connectivity index (χ3n) is 3.70. The summed E-state index contributed by atoms with van der Waals surface area (Å²) < 4.78 is 11.0. The van der Waals surface area contributed by atoms with E-state index in [9.17, 15) is 4.79 Å². The molecule has 0 saturated heterocycles. The van der Waals surface area contributed by atoms with Crippen LogP contribution in [-0.4, -0.2) is 17.6 Å². The molecule has 0 fully saturated rings. The van der Waals surface area contributed by atoms with Crippen LogP contribution in [0.1, 0.15) is 11.3 Å². The maximum Gasteiger partial charge on any atom is 0.262 e. The molecular weight excluding hydrogens is 354 g/mol. The number of hydrogen-bond donors (Lipinski definition) is 2. The summed E-state index contributed by atoms with van der Waals surface area (Å²) in [5.41, 5.74) is 2.30. The summed E-state index contributed by atoms with van der Waals surface area (Å²) in [6, 6.07) is 16.0. The summed E-state index contributed by atoms with van der Waals surface area (Å²) in [4.78, 5) is 12.1. The molecule has 1 heterocycles. The van der Waals surface area contributed by atoms with E-state index in [4.69, 9.17) is 25.9 Å². The number of benzene rings is 2. The second-order valence-electron chi connectivity index (χ2n) is 5.77. The van der Waals surface area contributed by atoms with Gasteiger partial charge in [0.1, 0.15) is 23.9 Å². The van der Waals surface area contributed by atoms with Crippen LogP contribution in [0.3, 0.4) is 0 Å². The van der Waals surface area contributed by atoms with Gasteiger partial charge in [-0.2, -0.15) is 0 Å². The third kappa shape index (κ3) is 4.45. The van der Waals surface area contributed by atoms with Crippen LogP contribution < -0.4 is 10.1 Å². The Labute approximate surface area is 156 Å². The van der Waals surface area contributed by atoms with Crippen molar-refractivity contribution in [2.45, 2.75) is 13.5 Å². The molecule has 2 N–H and O–H groups in total. The summed E-state index contributed by atoms with van der Waals surface area (Å²) in [5.74, 6) is 1.38. The summed E-state index contributed by atoms with van der Waals surface area (Å²) in [7, 11) is 0. The number of aliphatic hydroxyl groups excluding tert-OH is 1. The lowest BCUT2D eigenvalue weighted by atomic mass is 10.1. The zero-order valence-electron chi connectivity index (χ0n) is 14.2. The van der Waals surface area contributed by atoms with Crippen molar-refractivity contribution in [2.75, 3.05) is 11.9 Å². The highest BCUT2D eigenvalue weighted by Gasteiger charge is 2.11. The Kier molecular flexibility index (Phi) is 5.61. The molecular formula is C20H18ClNO4. The van der Waals surface area contributed by atoms with Crippen LogP contribution in [0.5, 0.6) is 5.75 Å². The first kappa shape index (κ1) is 18.0. The largest absolute Gasteiger partial charge is 0.484 e. The van der Waals surface area contributed by atoms with Crippen molar-refractivity contribution in [3.63, 3.8) is 0 Å². The van der Waals surface area contributed by atoms with Crippen molar-refractivity contribution in [3.05, 3.63) is 70.9 Å². The quantitative estimate of drug-likeness (QED) is 0.672. The fourth-order valence-electron chi connectivity index (χ4n) is 2.45. The molecule has 1 aromatic heterocycles. The number of aliphatic hydroxyl groups is 1. The molecule has 0 radical (unpaired) electrons. The Hall–Kier alpha value is -2.76. The van der Waals surface area contributed by atoms with Crippen molar-refractivity contribution in [3.8, 4) is 17.1 Å². The Morgan fingerprint density at radius 1 is 1.19 bits per heavy atom. The third-order valence-corrected chi connectivity index (χ3v) is 4.01. The Morgan fingerprint density at radius 2 is 2.04 bits per heavy atom. The Bertz CT molecular complexity index is 920. The lowest BCUT2D eigenvalue weighted by Gasteiger charge is -2.09. The van der Waals surface area contributed by atoms with Crippen molar-refractivity contribution in [1.82, 2.24) is 0 Å². The topological polar surface area (TPSA) is 71.7 Å². The van der Waals surface area contributed by atoms with E-state index < -0.39 is 0 Å². The minimum absolute atomic E-state index is 0.0964. The highest BCUT2D eigenvalue weighted by Crippen LogP contribution is 2.31. The van der Waals surface area contributed by atoms with Crippen LogP contribution in [0.15, 0.2) is 59.0 Å². The van der Waals surface area contributed by atoms with E-state index >= 15 is 0 Å². The molecule has 0 saturated carbocycles. The minimum atomic E-state index is -0.282. The molecule has 134 valence electrons. The van der Waals surface area contributed by atoms with Gasteiger partial charge in [-0.1, -0.05) is 23.7 Å². The lowest BCUT2D eigenvalue weighted by Crippen LogP contribution is -2.20. The second-order valence-corrected chi connectivity index (χ2v) is 6.18. The molecule has 0 spiro atoms. The molecule has 0 atom stereocenters. The number of aryl methyl sites for hydroxylation is 1.